The Bertz CT molecular complexity index is 597. The molecule has 0 bridgehead atoms. The molecular weight excluding hydrogens is 306 g/mol. The van der Waals surface area contributed by atoms with Crippen LogP contribution in [0.15, 0.2) is 17.6 Å². The van der Waals surface area contributed by atoms with Gasteiger partial charge in [0.1, 0.15) is 0 Å². The molecule has 1 aromatic heterocycles. The number of hydrogen-bond donors (Lipinski definition) is 2. The second-order valence-electron chi connectivity index (χ2n) is 5.71. The lowest BCUT2D eigenvalue weighted by Gasteiger charge is -2.21. The van der Waals surface area contributed by atoms with Crippen LogP contribution in [-0.2, 0) is 21.9 Å². The molecule has 0 radical (unpaired) electrons. The zero-order chi connectivity index (χ0) is 16.9. The second kappa shape index (κ2) is 7.70. The summed E-state index contributed by atoms with van der Waals surface area (Å²) in [6.45, 7) is 4.23. The van der Waals surface area contributed by atoms with E-state index in [0.29, 0.717) is 18.9 Å². The van der Waals surface area contributed by atoms with Crippen molar-refractivity contribution in [3.05, 3.63) is 12.5 Å². The van der Waals surface area contributed by atoms with E-state index >= 15 is 0 Å². The van der Waals surface area contributed by atoms with Crippen molar-refractivity contribution in [1.29, 1.82) is 0 Å². The molecule has 1 unspecified atom stereocenters. The van der Waals surface area contributed by atoms with Gasteiger partial charge < -0.3 is 15.2 Å². The van der Waals surface area contributed by atoms with Gasteiger partial charge in [-0.3, -0.25) is 4.79 Å². The molecule has 9 heteroatoms. The third kappa shape index (κ3) is 5.39. The van der Waals surface area contributed by atoms with Crippen LogP contribution in [0.2, 0.25) is 0 Å². The van der Waals surface area contributed by atoms with Crippen molar-refractivity contribution in [1.82, 2.24) is 19.2 Å². The summed E-state index contributed by atoms with van der Waals surface area (Å²) in [7, 11) is -0.468. The van der Waals surface area contributed by atoms with Crippen molar-refractivity contribution in [2.24, 2.45) is 18.7 Å². The minimum Gasteiger partial charge on any atom is -0.345 e. The Kier molecular flexibility index (Phi) is 6.51. The SMILES string of the molecule is CC(C)C(N)CCN(C)C(=O)CNS(=O)(=O)c1cn(C)cn1. The van der Waals surface area contributed by atoms with Gasteiger partial charge in [-0.25, -0.2) is 18.1 Å². The molecule has 22 heavy (non-hydrogen) atoms. The van der Waals surface area contributed by atoms with Crippen LogP contribution >= 0.6 is 0 Å². The monoisotopic (exact) mass is 331 g/mol. The van der Waals surface area contributed by atoms with E-state index in [4.69, 9.17) is 5.73 Å². The molecule has 1 heterocycles. The number of likely N-dealkylation sites (N-methyl/N-ethyl adjacent to an activating group) is 1. The fourth-order valence-corrected chi connectivity index (χ4v) is 2.65. The summed E-state index contributed by atoms with van der Waals surface area (Å²) < 4.78 is 27.7. The van der Waals surface area contributed by atoms with E-state index in [0.717, 1.165) is 0 Å². The summed E-state index contributed by atoms with van der Waals surface area (Å²) in [5.41, 5.74) is 5.93. The summed E-state index contributed by atoms with van der Waals surface area (Å²) in [6.07, 6.45) is 3.43. The summed E-state index contributed by atoms with van der Waals surface area (Å²) in [5, 5.41) is -0.104. The molecule has 0 saturated carbocycles. The van der Waals surface area contributed by atoms with Gasteiger partial charge in [0.2, 0.25) is 5.91 Å². The molecule has 126 valence electrons. The minimum atomic E-state index is -3.77. The van der Waals surface area contributed by atoms with Crippen LogP contribution < -0.4 is 10.5 Å². The molecule has 1 atom stereocenters. The van der Waals surface area contributed by atoms with Crippen molar-refractivity contribution < 1.29 is 13.2 Å². The van der Waals surface area contributed by atoms with Gasteiger partial charge in [0, 0.05) is 32.9 Å². The molecule has 0 fully saturated rings. The quantitative estimate of drug-likeness (QED) is 0.669. The topological polar surface area (TPSA) is 110 Å². The number of carbonyl (C=O) groups excluding carboxylic acids is 1. The smallest absolute Gasteiger partial charge is 0.260 e. The number of aromatic nitrogens is 2. The van der Waals surface area contributed by atoms with Gasteiger partial charge in [-0.05, 0) is 12.3 Å². The highest BCUT2D eigenvalue weighted by Crippen LogP contribution is 2.05. The Hall–Kier alpha value is -1.45. The highest BCUT2D eigenvalue weighted by Gasteiger charge is 2.19. The lowest BCUT2D eigenvalue weighted by atomic mass is 10.0. The molecule has 3 N–H and O–H groups in total. The van der Waals surface area contributed by atoms with E-state index in [1.165, 1.54) is 22.0 Å². The normalized spacial score (nSPS) is 13.4. The highest BCUT2D eigenvalue weighted by molar-refractivity contribution is 7.89. The van der Waals surface area contributed by atoms with Gasteiger partial charge in [-0.1, -0.05) is 13.8 Å². The molecule has 0 saturated heterocycles. The van der Waals surface area contributed by atoms with Gasteiger partial charge in [0.05, 0.1) is 12.9 Å². The van der Waals surface area contributed by atoms with E-state index in [9.17, 15) is 13.2 Å². The van der Waals surface area contributed by atoms with Crippen molar-refractivity contribution in [2.45, 2.75) is 31.3 Å². The number of aryl methyl sites for hydroxylation is 1. The summed E-state index contributed by atoms with van der Waals surface area (Å²) in [6, 6.07) is 0.0143. The molecule has 0 aliphatic heterocycles. The average Bonchev–Trinajstić information content (AvgIpc) is 2.89. The second-order valence-corrected chi connectivity index (χ2v) is 7.43. The molecule has 0 aromatic carbocycles. The molecule has 1 rings (SSSR count). The lowest BCUT2D eigenvalue weighted by Crippen LogP contribution is -2.40. The van der Waals surface area contributed by atoms with E-state index in [-0.39, 0.29) is 23.5 Å². The number of sulfonamides is 1. The van der Waals surface area contributed by atoms with Crippen molar-refractivity contribution in [3.63, 3.8) is 0 Å². The average molecular weight is 331 g/mol. The number of nitrogens with one attached hydrogen (secondary N) is 1. The van der Waals surface area contributed by atoms with E-state index in [2.05, 4.69) is 9.71 Å². The number of amides is 1. The van der Waals surface area contributed by atoms with Gasteiger partial charge in [0.25, 0.3) is 10.0 Å². The van der Waals surface area contributed by atoms with Gasteiger partial charge >= 0.3 is 0 Å². The molecule has 0 aliphatic carbocycles. The predicted octanol–water partition coefficient (Wildman–Crippen LogP) is -0.470. The first-order valence-corrected chi connectivity index (χ1v) is 8.59. The summed E-state index contributed by atoms with van der Waals surface area (Å²) >= 11 is 0. The lowest BCUT2D eigenvalue weighted by molar-refractivity contribution is -0.128. The van der Waals surface area contributed by atoms with Crippen LogP contribution in [-0.4, -0.2) is 55.0 Å². The largest absolute Gasteiger partial charge is 0.345 e. The zero-order valence-corrected chi connectivity index (χ0v) is 14.3. The van der Waals surface area contributed by atoms with Crippen LogP contribution in [0.3, 0.4) is 0 Å². The number of nitrogens with two attached hydrogens (primary N) is 1. The number of rotatable bonds is 8. The first-order valence-electron chi connectivity index (χ1n) is 7.10. The molecule has 8 nitrogen and oxygen atoms in total. The number of hydrogen-bond acceptors (Lipinski definition) is 5. The maximum Gasteiger partial charge on any atom is 0.260 e. The van der Waals surface area contributed by atoms with E-state index in [1.54, 1.807) is 14.1 Å². The fourth-order valence-electron chi connectivity index (χ4n) is 1.69. The number of nitrogens with zero attached hydrogens (tertiary/aromatic N) is 3. The number of imidazole rings is 1. The van der Waals surface area contributed by atoms with Crippen molar-refractivity contribution in [2.75, 3.05) is 20.1 Å². The molecule has 0 aliphatic rings. The van der Waals surface area contributed by atoms with Crippen molar-refractivity contribution >= 4 is 15.9 Å². The van der Waals surface area contributed by atoms with Crippen LogP contribution in [0.1, 0.15) is 20.3 Å². The van der Waals surface area contributed by atoms with E-state index in [1.807, 2.05) is 13.8 Å². The molecule has 1 amide bonds. The first kappa shape index (κ1) is 18.6. The number of carbonyl (C=O) groups is 1. The standard InChI is InChI=1S/C13H25N5O3S/c1-10(2)11(14)5-6-18(4)13(19)7-16-22(20,21)12-8-17(3)9-15-12/h8-11,16H,5-7,14H2,1-4H3. The van der Waals surface area contributed by atoms with E-state index < -0.39 is 10.0 Å². The summed E-state index contributed by atoms with van der Waals surface area (Å²) in [5.74, 6) is 0.0293. The Morgan fingerprint density at radius 3 is 2.64 bits per heavy atom. The van der Waals surface area contributed by atoms with Crippen LogP contribution in [0.4, 0.5) is 0 Å². The Balaban J connectivity index is 2.48. The zero-order valence-electron chi connectivity index (χ0n) is 13.5. The van der Waals surface area contributed by atoms with Crippen LogP contribution in [0.25, 0.3) is 0 Å². The van der Waals surface area contributed by atoms with Gasteiger partial charge in [-0.15, -0.1) is 0 Å². The van der Waals surface area contributed by atoms with Crippen LogP contribution in [0.5, 0.6) is 0 Å². The Labute approximate surface area is 131 Å². The Morgan fingerprint density at radius 2 is 2.14 bits per heavy atom. The van der Waals surface area contributed by atoms with Crippen LogP contribution in [0, 0.1) is 5.92 Å². The maximum atomic E-state index is 12.0. The first-order chi connectivity index (χ1) is 10.1. The van der Waals surface area contributed by atoms with Gasteiger partial charge in [0.15, 0.2) is 5.03 Å². The third-order valence-corrected chi connectivity index (χ3v) is 4.74. The molecular formula is C13H25N5O3S. The maximum absolute atomic E-state index is 12.0. The highest BCUT2D eigenvalue weighted by atomic mass is 32.2. The fraction of sp³-hybridized carbons (Fsp3) is 0.692. The molecule has 0 spiro atoms. The summed E-state index contributed by atoms with van der Waals surface area (Å²) in [4.78, 5) is 17.2. The molecule has 1 aromatic rings. The minimum absolute atomic E-state index is 0.0143. The predicted molar refractivity (Wildman–Crippen MR) is 83.5 cm³/mol. The van der Waals surface area contributed by atoms with Crippen molar-refractivity contribution in [3.8, 4) is 0 Å². The Morgan fingerprint density at radius 1 is 1.50 bits per heavy atom. The third-order valence-electron chi connectivity index (χ3n) is 3.45. The van der Waals surface area contributed by atoms with Gasteiger partial charge in [-0.2, -0.15) is 0 Å².